The van der Waals surface area contributed by atoms with Crippen LogP contribution in [0.5, 0.6) is 0 Å². The van der Waals surface area contributed by atoms with Crippen LogP contribution in [0.3, 0.4) is 0 Å². The summed E-state index contributed by atoms with van der Waals surface area (Å²) in [5.74, 6) is 0. The highest BCUT2D eigenvalue weighted by Gasteiger charge is 2.48. The topological polar surface area (TPSA) is 21.7 Å². The van der Waals surface area contributed by atoms with Gasteiger partial charge in [-0.25, -0.2) is 0 Å². The van der Waals surface area contributed by atoms with E-state index in [-0.39, 0.29) is 0 Å². The molecule has 2 aliphatic heterocycles. The Kier molecular flexibility index (Phi) is 2.49. The minimum atomic E-state index is 0.514. The Balaban J connectivity index is 1.52. The summed E-state index contributed by atoms with van der Waals surface area (Å²) in [7, 11) is 0. The van der Waals surface area contributed by atoms with E-state index in [1.807, 2.05) is 0 Å². The summed E-state index contributed by atoms with van der Waals surface area (Å²) < 4.78 is 11.2. The minimum absolute atomic E-state index is 0.514. The maximum absolute atomic E-state index is 5.63. The zero-order valence-corrected chi connectivity index (χ0v) is 9.58. The lowest BCUT2D eigenvalue weighted by atomic mass is 10.1. The van der Waals surface area contributed by atoms with Crippen molar-refractivity contribution in [3.8, 4) is 0 Å². The lowest BCUT2D eigenvalue weighted by Gasteiger charge is -2.30. The van der Waals surface area contributed by atoms with E-state index in [9.17, 15) is 0 Å². The number of hydrogen-bond donors (Lipinski definition) is 0. The molecule has 1 aliphatic carbocycles. The summed E-state index contributed by atoms with van der Waals surface area (Å²) in [5, 5.41) is 0. The van der Waals surface area contributed by atoms with Gasteiger partial charge in [-0.1, -0.05) is 0 Å². The predicted molar refractivity (Wildman–Crippen MR) is 57.9 cm³/mol. The van der Waals surface area contributed by atoms with Crippen molar-refractivity contribution in [2.24, 2.45) is 5.41 Å². The van der Waals surface area contributed by atoms with Crippen molar-refractivity contribution in [3.05, 3.63) is 0 Å². The number of morpholine rings is 1. The molecule has 0 amide bonds. The number of ether oxygens (including phenoxy) is 2. The second-order valence-electron chi connectivity index (χ2n) is 5.41. The molecule has 0 unspecified atom stereocenters. The summed E-state index contributed by atoms with van der Waals surface area (Å²) in [4.78, 5) is 2.64. The second kappa shape index (κ2) is 3.72. The van der Waals surface area contributed by atoms with Gasteiger partial charge < -0.3 is 9.47 Å². The molecule has 0 aromatic carbocycles. The Bertz CT molecular complexity index is 240. The van der Waals surface area contributed by atoms with Crippen LogP contribution in [0.4, 0.5) is 0 Å². The zero-order valence-electron chi connectivity index (χ0n) is 9.58. The monoisotopic (exact) mass is 211 g/mol. The molecule has 2 bridgehead atoms. The smallest absolute Gasteiger partial charge is 0.0718 e. The normalized spacial score (nSPS) is 37.4. The number of fused-ring (bicyclic) bond motifs is 2. The molecule has 3 fully saturated rings. The van der Waals surface area contributed by atoms with Crippen LogP contribution < -0.4 is 0 Å². The van der Waals surface area contributed by atoms with Crippen molar-refractivity contribution in [2.75, 3.05) is 32.9 Å². The van der Waals surface area contributed by atoms with Gasteiger partial charge in [-0.15, -0.1) is 0 Å². The van der Waals surface area contributed by atoms with Crippen molar-refractivity contribution in [1.82, 2.24) is 4.90 Å². The third kappa shape index (κ3) is 1.93. The standard InChI is InChI=1S/C12H21NO2/c1-2-14-9-12(3-4-12)8-13-6-11-5-10(13)7-15-11/h10-11H,2-9H2,1H3/t10-,11-/m1/s1. The Morgan fingerprint density at radius 1 is 1.47 bits per heavy atom. The molecule has 0 aromatic heterocycles. The van der Waals surface area contributed by atoms with Crippen LogP contribution >= 0.6 is 0 Å². The first-order valence-electron chi connectivity index (χ1n) is 6.25. The van der Waals surface area contributed by atoms with Crippen LogP contribution in [0.15, 0.2) is 0 Å². The van der Waals surface area contributed by atoms with Crippen LogP contribution in [-0.2, 0) is 9.47 Å². The SMILES string of the molecule is CCOCC1(CN2C[C@H]3C[C@@H]2CO3)CC1. The number of rotatable bonds is 5. The molecule has 0 aromatic rings. The lowest BCUT2D eigenvalue weighted by molar-refractivity contribution is 0.00973. The van der Waals surface area contributed by atoms with Gasteiger partial charge in [0.25, 0.3) is 0 Å². The maximum Gasteiger partial charge on any atom is 0.0718 e. The van der Waals surface area contributed by atoms with E-state index < -0.39 is 0 Å². The third-order valence-electron chi connectivity index (χ3n) is 4.12. The summed E-state index contributed by atoms with van der Waals surface area (Å²) >= 11 is 0. The fraction of sp³-hybridized carbons (Fsp3) is 1.00. The van der Waals surface area contributed by atoms with Gasteiger partial charge in [0.05, 0.1) is 19.3 Å². The third-order valence-corrected chi connectivity index (χ3v) is 4.12. The molecule has 3 rings (SSSR count). The number of nitrogens with zero attached hydrogens (tertiary/aromatic N) is 1. The molecular formula is C12H21NO2. The predicted octanol–water partition coefficient (Wildman–Crippen LogP) is 1.28. The summed E-state index contributed by atoms with van der Waals surface area (Å²) in [6.07, 6.45) is 4.53. The summed E-state index contributed by atoms with van der Waals surface area (Å²) in [6, 6.07) is 0.717. The fourth-order valence-electron chi connectivity index (χ4n) is 2.95. The molecule has 0 radical (unpaired) electrons. The van der Waals surface area contributed by atoms with Gasteiger partial charge >= 0.3 is 0 Å². The van der Waals surface area contributed by atoms with Crippen molar-refractivity contribution in [1.29, 1.82) is 0 Å². The van der Waals surface area contributed by atoms with Crippen molar-refractivity contribution in [2.45, 2.75) is 38.3 Å². The second-order valence-corrected chi connectivity index (χ2v) is 5.41. The largest absolute Gasteiger partial charge is 0.381 e. The summed E-state index contributed by atoms with van der Waals surface area (Å²) in [6.45, 7) is 7.29. The number of hydrogen-bond acceptors (Lipinski definition) is 3. The maximum atomic E-state index is 5.63. The van der Waals surface area contributed by atoms with Gasteiger partial charge in [0.2, 0.25) is 0 Å². The molecule has 2 atom stereocenters. The van der Waals surface area contributed by atoms with Gasteiger partial charge in [0, 0.05) is 31.2 Å². The van der Waals surface area contributed by atoms with Gasteiger partial charge in [-0.3, -0.25) is 4.90 Å². The van der Waals surface area contributed by atoms with E-state index in [0.29, 0.717) is 17.6 Å². The molecule has 0 N–H and O–H groups in total. The van der Waals surface area contributed by atoms with E-state index in [0.717, 1.165) is 19.8 Å². The molecule has 1 saturated carbocycles. The van der Waals surface area contributed by atoms with Crippen molar-refractivity contribution >= 4 is 0 Å². The molecule has 2 heterocycles. The molecule has 86 valence electrons. The average Bonchev–Trinajstić information content (AvgIpc) is 2.71. The van der Waals surface area contributed by atoms with E-state index in [1.54, 1.807) is 0 Å². The highest BCUT2D eigenvalue weighted by molar-refractivity contribution is 5.00. The molecule has 2 saturated heterocycles. The average molecular weight is 211 g/mol. The van der Waals surface area contributed by atoms with Crippen LogP contribution in [0.2, 0.25) is 0 Å². The highest BCUT2D eigenvalue weighted by Crippen LogP contribution is 2.48. The van der Waals surface area contributed by atoms with Crippen LogP contribution in [0.1, 0.15) is 26.2 Å². The fourth-order valence-corrected chi connectivity index (χ4v) is 2.95. The van der Waals surface area contributed by atoms with Gasteiger partial charge in [-0.05, 0) is 26.2 Å². The van der Waals surface area contributed by atoms with Crippen molar-refractivity contribution < 1.29 is 9.47 Å². The Morgan fingerprint density at radius 2 is 2.33 bits per heavy atom. The Labute approximate surface area is 91.7 Å². The van der Waals surface area contributed by atoms with E-state index in [1.165, 1.54) is 32.4 Å². The zero-order chi connectivity index (χ0) is 10.3. The lowest BCUT2D eigenvalue weighted by Crippen LogP contribution is -2.41. The molecule has 3 aliphatic rings. The van der Waals surface area contributed by atoms with Crippen LogP contribution in [-0.4, -0.2) is 50.0 Å². The first-order chi connectivity index (χ1) is 7.31. The van der Waals surface area contributed by atoms with E-state index in [2.05, 4.69) is 11.8 Å². The molecule has 0 spiro atoms. The van der Waals surface area contributed by atoms with E-state index in [4.69, 9.17) is 9.47 Å². The number of likely N-dealkylation sites (tertiary alicyclic amines) is 1. The minimum Gasteiger partial charge on any atom is -0.381 e. The van der Waals surface area contributed by atoms with Gasteiger partial charge in [0.15, 0.2) is 0 Å². The highest BCUT2D eigenvalue weighted by atomic mass is 16.5. The Hall–Kier alpha value is -0.120. The van der Waals surface area contributed by atoms with Crippen molar-refractivity contribution in [3.63, 3.8) is 0 Å². The first kappa shape index (κ1) is 10.1. The molecule has 3 nitrogen and oxygen atoms in total. The quantitative estimate of drug-likeness (QED) is 0.683. The Morgan fingerprint density at radius 3 is 2.87 bits per heavy atom. The molecule has 3 heteroatoms. The van der Waals surface area contributed by atoms with Gasteiger partial charge in [-0.2, -0.15) is 0 Å². The van der Waals surface area contributed by atoms with Crippen LogP contribution in [0.25, 0.3) is 0 Å². The van der Waals surface area contributed by atoms with Crippen LogP contribution in [0, 0.1) is 5.41 Å². The molecular weight excluding hydrogens is 190 g/mol. The first-order valence-corrected chi connectivity index (χ1v) is 6.25. The molecule has 15 heavy (non-hydrogen) atoms. The summed E-state index contributed by atoms with van der Waals surface area (Å²) in [5.41, 5.74) is 0.514. The van der Waals surface area contributed by atoms with E-state index >= 15 is 0 Å². The van der Waals surface area contributed by atoms with Gasteiger partial charge in [0.1, 0.15) is 0 Å².